The average Bonchev–Trinajstić information content (AvgIpc) is 1.49. The number of nitrogen functional groups attached to an aromatic ring is 1. The number of benzene rings is 8. The Labute approximate surface area is 766 Å². The number of aliphatic carboxylic acids is 1. The maximum absolute atomic E-state index is 13.7. The van der Waals surface area contributed by atoms with Crippen LogP contribution in [0.5, 0.6) is 46.0 Å². The molecule has 6 aliphatic heterocycles. The third-order valence-corrected chi connectivity index (χ3v) is 25.3. The molecule has 0 bridgehead atoms. The number of esters is 2. The summed E-state index contributed by atoms with van der Waals surface area (Å²) in [5.74, 6) is -5.49. The minimum Gasteiger partial charge on any atom is -0.497 e. The van der Waals surface area contributed by atoms with Crippen LogP contribution in [0.15, 0.2) is 182 Å². The van der Waals surface area contributed by atoms with E-state index < -0.39 is 150 Å². The number of aliphatic hydroxyl groups excluding tert-OH is 2. The number of carboxylic acids is 1. The van der Waals surface area contributed by atoms with Crippen molar-refractivity contribution in [1.82, 2.24) is 10.6 Å². The van der Waals surface area contributed by atoms with Gasteiger partial charge in [0.25, 0.3) is 12.6 Å². The van der Waals surface area contributed by atoms with E-state index in [4.69, 9.17) is 117 Å². The Kier molecular flexibility index (Phi) is 30.5. The number of anilines is 2. The quantitative estimate of drug-likeness (QED) is 0.0110. The van der Waals surface area contributed by atoms with Crippen molar-refractivity contribution in [3.63, 3.8) is 0 Å². The average molecular weight is 1850 g/mol. The number of carbonyl (C=O) groups is 6. The number of urea groups is 2. The Bertz CT molecular complexity index is 5350. The van der Waals surface area contributed by atoms with Gasteiger partial charge in [-0.3, -0.25) is 19.2 Å². The lowest BCUT2D eigenvalue weighted by molar-refractivity contribution is -0.323. The van der Waals surface area contributed by atoms with Gasteiger partial charge in [-0.25, -0.2) is 9.59 Å². The molecule has 712 valence electrons. The van der Waals surface area contributed by atoms with Crippen LogP contribution in [0.2, 0.25) is 0 Å². The van der Waals surface area contributed by atoms with E-state index in [0.717, 1.165) is 11.1 Å². The first-order valence-corrected chi connectivity index (χ1v) is 43.3. The second-order valence-corrected chi connectivity index (χ2v) is 33.1. The van der Waals surface area contributed by atoms with Crippen LogP contribution in [0, 0.1) is 23.7 Å². The summed E-state index contributed by atoms with van der Waals surface area (Å²) < 4.78 is 121. The Balaban J connectivity index is 0.000000192. The summed E-state index contributed by atoms with van der Waals surface area (Å²) >= 11 is 0. The first-order chi connectivity index (χ1) is 64.1. The van der Waals surface area contributed by atoms with Crippen LogP contribution < -0.4 is 71.0 Å². The number of aliphatic hydroxyl groups is 4. The van der Waals surface area contributed by atoms with Gasteiger partial charge in [-0.1, -0.05) is 123 Å². The molecule has 8 aliphatic rings. The van der Waals surface area contributed by atoms with Crippen LogP contribution in [0.4, 0.5) is 21.0 Å². The molecule has 5 amide bonds. The number of fused-ring (bicyclic) bond motifs is 6. The Morgan fingerprint density at radius 1 is 0.451 bits per heavy atom. The molecule has 37 nitrogen and oxygen atoms in total. The fourth-order valence-corrected chi connectivity index (χ4v) is 18.7. The minimum absolute atomic E-state index is 0.0923. The number of primary amides is 2. The minimum atomic E-state index is -2.28. The van der Waals surface area contributed by atoms with E-state index in [0.29, 0.717) is 83.9 Å². The van der Waals surface area contributed by atoms with E-state index in [9.17, 15) is 49.2 Å². The highest BCUT2D eigenvalue weighted by Gasteiger charge is 2.80. The van der Waals surface area contributed by atoms with Crippen LogP contribution >= 0.6 is 0 Å². The smallest absolute Gasteiger partial charge is 0.312 e. The van der Waals surface area contributed by atoms with Gasteiger partial charge >= 0.3 is 30.0 Å². The zero-order valence-electron chi connectivity index (χ0n) is 74.9. The van der Waals surface area contributed by atoms with Gasteiger partial charge in [0.1, 0.15) is 82.6 Å². The molecule has 8 aromatic rings. The molecule has 4 saturated heterocycles. The molecule has 6 heterocycles. The van der Waals surface area contributed by atoms with Gasteiger partial charge in [0, 0.05) is 91.8 Å². The lowest BCUT2D eigenvalue weighted by Crippen LogP contribution is -2.52. The van der Waals surface area contributed by atoms with E-state index in [1.807, 2.05) is 67.6 Å². The van der Waals surface area contributed by atoms with Crippen molar-refractivity contribution in [2.45, 2.75) is 148 Å². The molecule has 4 unspecified atom stereocenters. The summed E-state index contributed by atoms with van der Waals surface area (Å²) in [5, 5.41) is 67.3. The second-order valence-electron chi connectivity index (χ2n) is 33.1. The molecule has 2 saturated carbocycles. The molecule has 16 rings (SSSR count). The van der Waals surface area contributed by atoms with E-state index in [1.54, 1.807) is 129 Å². The zero-order valence-corrected chi connectivity index (χ0v) is 74.9. The van der Waals surface area contributed by atoms with Crippen molar-refractivity contribution < 1.29 is 149 Å². The molecular formula is C96H112N6O31. The summed E-state index contributed by atoms with van der Waals surface area (Å²) in [6, 6.07) is 51.4. The summed E-state index contributed by atoms with van der Waals surface area (Å²) in [7, 11) is 11.3. The highest BCUT2D eigenvalue weighted by molar-refractivity contribution is 5.92. The molecule has 22 atom stereocenters. The van der Waals surface area contributed by atoms with Gasteiger partial charge in [0.2, 0.25) is 18.5 Å². The highest BCUT2D eigenvalue weighted by Crippen LogP contribution is 2.73. The van der Waals surface area contributed by atoms with Gasteiger partial charge < -0.3 is 153 Å². The number of nitrogens with one attached hydrogen (secondary N) is 3. The Hall–Kier alpha value is -12.2. The largest absolute Gasteiger partial charge is 0.497 e. The van der Waals surface area contributed by atoms with Crippen LogP contribution in [-0.4, -0.2) is 220 Å². The highest BCUT2D eigenvalue weighted by atomic mass is 16.8. The summed E-state index contributed by atoms with van der Waals surface area (Å²) in [4.78, 5) is 71.4. The fraction of sp³-hybridized carbons (Fsp3) is 0.438. The van der Waals surface area contributed by atoms with Gasteiger partial charge in [-0.05, 0) is 96.5 Å². The molecule has 14 N–H and O–H groups in total. The van der Waals surface area contributed by atoms with Crippen molar-refractivity contribution >= 4 is 47.3 Å². The van der Waals surface area contributed by atoms with Crippen molar-refractivity contribution in [2.24, 2.45) is 35.1 Å². The first kappa shape index (κ1) is 96.9. The monoisotopic (exact) mass is 1840 g/mol. The van der Waals surface area contributed by atoms with E-state index >= 15 is 0 Å². The Morgan fingerprint density at radius 2 is 0.835 bits per heavy atom. The summed E-state index contributed by atoms with van der Waals surface area (Å²) in [6.07, 6.45) is -8.85. The predicted octanol–water partition coefficient (Wildman–Crippen LogP) is 8.43. The Morgan fingerprint density at radius 3 is 1.20 bits per heavy atom. The summed E-state index contributed by atoms with van der Waals surface area (Å²) in [6.45, 7) is 4.94. The normalized spacial score (nSPS) is 28.9. The number of hydrogen-bond acceptors (Lipinski definition) is 31. The number of amides is 5. The van der Waals surface area contributed by atoms with Crippen LogP contribution in [-0.2, 0) is 98.4 Å². The number of nitrogens with two attached hydrogens (primary N) is 3. The molecule has 2 aliphatic carbocycles. The molecule has 0 aromatic heterocycles. The molecular weight excluding hydrogens is 1730 g/mol. The number of rotatable bonds is 31. The SMILES string of the molecule is COC(=O)[C@H]1[C@@H](O)[C@@]2(O)c3c(OC)cc(OC4O[C@@H]([C@H]5COC(c6ccc(N)cc6)O5)CO[C@H]4OC)cc3O[C@@]2(c2ccc(OC)cc2)[C@@H]1c1ccccc1.COC(=O)[C@H]1[C@@H](O)[C@@]2(O)c3c(OC)cc(OC4O[C@@H]([C@H]5COC(c6ccc(NC(=O)[C@@H](C)CCCNC(N)=O)cc6)O5)CO[C@H]4OC)cc3O[C@@]2(c2ccc(OC)cc2)[C@@H]1c1ccccc1.C[C@@H](CCCNC(N)=O)C(=O)O. The number of methoxy groups -OCH3 is 8. The maximum Gasteiger partial charge on any atom is 0.312 e. The molecule has 0 spiro atoms. The third kappa shape index (κ3) is 19.3. The van der Waals surface area contributed by atoms with Gasteiger partial charge in [-0.15, -0.1) is 0 Å². The van der Waals surface area contributed by atoms with Crippen molar-refractivity contribution in [3.8, 4) is 46.0 Å². The lowest BCUT2D eigenvalue weighted by atomic mass is 9.70. The first-order valence-electron chi connectivity index (χ1n) is 43.3. The molecule has 6 fully saturated rings. The predicted molar refractivity (Wildman–Crippen MR) is 471 cm³/mol. The van der Waals surface area contributed by atoms with Crippen LogP contribution in [0.3, 0.4) is 0 Å². The zero-order chi connectivity index (χ0) is 94.8. The van der Waals surface area contributed by atoms with E-state index in [-0.39, 0.29) is 89.8 Å². The third-order valence-electron chi connectivity index (χ3n) is 25.3. The fourth-order valence-electron chi connectivity index (χ4n) is 18.7. The van der Waals surface area contributed by atoms with E-state index in [2.05, 4.69) is 16.0 Å². The number of hydrogen-bond donors (Lipinski definition) is 11. The van der Waals surface area contributed by atoms with Gasteiger partial charge in [0.05, 0.1) is 98.0 Å². The maximum atomic E-state index is 13.7. The van der Waals surface area contributed by atoms with Crippen LogP contribution in [0.25, 0.3) is 0 Å². The molecule has 133 heavy (non-hydrogen) atoms. The topological polar surface area (TPSA) is 502 Å². The number of carbonyl (C=O) groups excluding carboxylic acids is 5. The number of ether oxygens (including phenoxy) is 20. The van der Waals surface area contributed by atoms with Gasteiger partial charge in [0.15, 0.2) is 35.0 Å². The molecule has 8 aromatic carbocycles. The number of carboxylic acid groups (broad SMARTS) is 1. The van der Waals surface area contributed by atoms with Crippen molar-refractivity contribution in [3.05, 3.63) is 226 Å². The van der Waals surface area contributed by atoms with Crippen LogP contribution in [0.1, 0.15) is 108 Å². The second kappa shape index (κ2) is 41.9. The lowest BCUT2D eigenvalue weighted by Gasteiger charge is -2.40. The van der Waals surface area contributed by atoms with E-state index in [1.165, 1.54) is 55.8 Å². The van der Waals surface area contributed by atoms with Crippen molar-refractivity contribution in [1.29, 1.82) is 0 Å². The van der Waals surface area contributed by atoms with Crippen molar-refractivity contribution in [2.75, 3.05) is 107 Å². The summed E-state index contributed by atoms with van der Waals surface area (Å²) in [5.41, 5.74) is 12.8. The van der Waals surface area contributed by atoms with Gasteiger partial charge in [-0.2, -0.15) is 0 Å². The molecule has 0 radical (unpaired) electrons. The molecule has 37 heteroatoms. The standard InChI is InChI=1S/C48H55N3O15.C41H43NO13.C7H14N2O3/c1-26(10-9-21-50-46(49)55)41(53)51-30-17-13-28(14-18-30)43-61-24-35(64-43)36-25-62-44(60-5)45(65-36)63-32-22-33(58-3)39-34(23-32)66-48(29-15-19-31(57-2)20-16-29)38(27-11-7-6-8-12-27)37(42(54)59-4)40(52)47(39,48)56;1-46-26-16-12-24(13-17-26)41-33(22-8-6-5-7-9-22)32(36(44)48-3)35(43)40(41,45)34-28(47-2)18-27(19-29(34)55-41)52-39-38(49-4)51-21-31(54-39)30-20-50-37(53-30)23-10-14-25(42)15-11-23;1-5(6(10)11)3-2-4-9-7(8)12/h6-8,11-20,22-23,26,35-38,40,43-45,52,56H,9-10,21,24-25H2,1-5H3,(H,51,53)(H3,49,50,55);5-19,30-33,35,37-39,43,45H,20-21,42H2,1-4H3;5H,2-4H2,1H3,(H,10,11)(H3,8,9,12)/t26-,35+,36+,37+,38+,40+,43?,44+,45?,47-,48-;30-,31-,32-,33-,35-,37?,38-,39?,40+,41+;5-/m010/s1.